The number of alkyl halides is 3. The third-order valence-electron chi connectivity index (χ3n) is 1.72. The maximum Gasteiger partial charge on any atom is 0.417 e. The smallest absolute Gasteiger partial charge is 0.417 e. The average molecular weight is 240 g/mol. The van der Waals surface area contributed by atoms with Gasteiger partial charge in [0.15, 0.2) is 0 Å². The molecule has 0 aliphatic heterocycles. The SMILES string of the molecule is Nc1c(C(=O)O)ccc(C(F)(F)F)c1Cl. The summed E-state index contributed by atoms with van der Waals surface area (Å²) in [5.41, 5.74) is 2.99. The molecule has 0 spiro atoms. The molecule has 0 atom stereocenters. The van der Waals surface area contributed by atoms with Gasteiger partial charge >= 0.3 is 12.1 Å². The highest BCUT2D eigenvalue weighted by atomic mass is 35.5. The van der Waals surface area contributed by atoms with Gasteiger partial charge in [-0.2, -0.15) is 13.2 Å². The zero-order valence-electron chi connectivity index (χ0n) is 7.10. The van der Waals surface area contributed by atoms with Crippen molar-refractivity contribution in [3.05, 3.63) is 28.3 Å². The highest BCUT2D eigenvalue weighted by Crippen LogP contribution is 2.38. The van der Waals surface area contributed by atoms with Crippen molar-refractivity contribution < 1.29 is 23.1 Å². The van der Waals surface area contributed by atoms with Crippen LogP contribution in [-0.2, 0) is 6.18 Å². The van der Waals surface area contributed by atoms with Crippen LogP contribution in [0.4, 0.5) is 18.9 Å². The van der Waals surface area contributed by atoms with Crippen LogP contribution in [0.25, 0.3) is 0 Å². The van der Waals surface area contributed by atoms with Crippen LogP contribution in [0.1, 0.15) is 15.9 Å². The molecule has 0 fully saturated rings. The molecule has 0 bridgehead atoms. The number of aromatic carboxylic acids is 1. The number of carbonyl (C=O) groups is 1. The van der Waals surface area contributed by atoms with E-state index in [4.69, 9.17) is 22.4 Å². The molecular weight excluding hydrogens is 235 g/mol. The second kappa shape index (κ2) is 3.62. The molecule has 82 valence electrons. The van der Waals surface area contributed by atoms with Gasteiger partial charge in [0.05, 0.1) is 21.8 Å². The van der Waals surface area contributed by atoms with Crippen LogP contribution in [0.3, 0.4) is 0 Å². The predicted molar refractivity (Wildman–Crippen MR) is 47.8 cm³/mol. The predicted octanol–water partition coefficient (Wildman–Crippen LogP) is 2.64. The second-order valence-electron chi connectivity index (χ2n) is 2.69. The molecule has 0 saturated carbocycles. The summed E-state index contributed by atoms with van der Waals surface area (Å²) >= 11 is 5.32. The van der Waals surface area contributed by atoms with Gasteiger partial charge in [0.2, 0.25) is 0 Å². The van der Waals surface area contributed by atoms with Gasteiger partial charge in [-0.15, -0.1) is 0 Å². The lowest BCUT2D eigenvalue weighted by molar-refractivity contribution is -0.137. The summed E-state index contributed by atoms with van der Waals surface area (Å²) in [4.78, 5) is 10.5. The number of halogens is 4. The molecule has 0 saturated heterocycles. The standard InChI is InChI=1S/C8H5ClF3NO2/c9-5-4(8(10,11)12)2-1-3(6(5)13)7(14)15/h1-2H,13H2,(H,14,15). The fourth-order valence-electron chi connectivity index (χ4n) is 0.998. The lowest BCUT2D eigenvalue weighted by Crippen LogP contribution is -2.10. The summed E-state index contributed by atoms with van der Waals surface area (Å²) in [5.74, 6) is -1.43. The van der Waals surface area contributed by atoms with Crippen molar-refractivity contribution in [2.75, 3.05) is 5.73 Å². The number of carboxylic acids is 1. The minimum absolute atomic E-state index is 0.451. The van der Waals surface area contributed by atoms with Gasteiger partial charge in [0, 0.05) is 0 Å². The van der Waals surface area contributed by atoms with Crippen molar-refractivity contribution in [3.63, 3.8) is 0 Å². The van der Waals surface area contributed by atoms with E-state index in [2.05, 4.69) is 0 Å². The first kappa shape index (κ1) is 11.6. The number of nitrogens with two attached hydrogens (primary N) is 1. The number of hydrogen-bond acceptors (Lipinski definition) is 2. The molecule has 1 rings (SSSR count). The highest BCUT2D eigenvalue weighted by Gasteiger charge is 2.34. The number of carboxylic acid groups (broad SMARTS) is 1. The molecule has 0 aromatic heterocycles. The van der Waals surface area contributed by atoms with Crippen molar-refractivity contribution in [1.82, 2.24) is 0 Å². The summed E-state index contributed by atoms with van der Waals surface area (Å²) in [6.45, 7) is 0. The van der Waals surface area contributed by atoms with Gasteiger partial charge in [-0.1, -0.05) is 11.6 Å². The topological polar surface area (TPSA) is 63.3 Å². The molecule has 0 aliphatic carbocycles. The Morgan fingerprint density at radius 1 is 1.40 bits per heavy atom. The Balaban J connectivity index is 3.41. The largest absolute Gasteiger partial charge is 0.478 e. The van der Waals surface area contributed by atoms with Crippen LogP contribution in [0.2, 0.25) is 5.02 Å². The Hall–Kier alpha value is -1.43. The Kier molecular flexibility index (Phi) is 2.81. The van der Waals surface area contributed by atoms with Gasteiger partial charge in [0.1, 0.15) is 0 Å². The molecule has 0 heterocycles. The van der Waals surface area contributed by atoms with E-state index in [1.807, 2.05) is 0 Å². The normalized spacial score (nSPS) is 11.5. The molecule has 0 radical (unpaired) electrons. The first-order valence-corrected chi connectivity index (χ1v) is 4.01. The molecular formula is C8H5ClF3NO2. The van der Waals surface area contributed by atoms with Crippen molar-refractivity contribution in [3.8, 4) is 0 Å². The van der Waals surface area contributed by atoms with Crippen LogP contribution >= 0.6 is 11.6 Å². The van der Waals surface area contributed by atoms with Gasteiger partial charge in [0.25, 0.3) is 0 Å². The Bertz CT molecular complexity index is 417. The van der Waals surface area contributed by atoms with E-state index in [0.29, 0.717) is 6.07 Å². The van der Waals surface area contributed by atoms with Crippen molar-refractivity contribution in [1.29, 1.82) is 0 Å². The molecule has 1 aromatic carbocycles. The fraction of sp³-hybridized carbons (Fsp3) is 0.125. The van der Waals surface area contributed by atoms with Crippen molar-refractivity contribution in [2.45, 2.75) is 6.18 Å². The van der Waals surface area contributed by atoms with E-state index in [1.54, 1.807) is 0 Å². The zero-order chi connectivity index (χ0) is 11.8. The fourth-order valence-corrected chi connectivity index (χ4v) is 1.27. The Morgan fingerprint density at radius 2 is 1.93 bits per heavy atom. The van der Waals surface area contributed by atoms with Crippen LogP contribution in [0.15, 0.2) is 12.1 Å². The van der Waals surface area contributed by atoms with E-state index in [-0.39, 0.29) is 0 Å². The number of nitrogen functional groups attached to an aromatic ring is 1. The maximum absolute atomic E-state index is 12.3. The van der Waals surface area contributed by atoms with E-state index in [0.717, 1.165) is 6.07 Å². The lowest BCUT2D eigenvalue weighted by atomic mass is 10.1. The van der Waals surface area contributed by atoms with Gasteiger partial charge < -0.3 is 10.8 Å². The van der Waals surface area contributed by atoms with E-state index in [1.165, 1.54) is 0 Å². The molecule has 0 amide bonds. The Labute approximate surface area is 87.3 Å². The highest BCUT2D eigenvalue weighted by molar-refractivity contribution is 6.34. The minimum atomic E-state index is -4.65. The first-order valence-electron chi connectivity index (χ1n) is 3.63. The third-order valence-corrected chi connectivity index (χ3v) is 2.12. The van der Waals surface area contributed by atoms with E-state index >= 15 is 0 Å². The summed E-state index contributed by atoms with van der Waals surface area (Å²) in [6, 6.07) is 1.36. The van der Waals surface area contributed by atoms with Crippen LogP contribution in [0.5, 0.6) is 0 Å². The summed E-state index contributed by atoms with van der Waals surface area (Å²) in [5, 5.41) is 7.77. The molecule has 0 aliphatic rings. The monoisotopic (exact) mass is 239 g/mol. The third kappa shape index (κ3) is 2.15. The Morgan fingerprint density at radius 3 is 2.33 bits per heavy atom. The van der Waals surface area contributed by atoms with Crippen LogP contribution < -0.4 is 5.73 Å². The van der Waals surface area contributed by atoms with E-state index in [9.17, 15) is 18.0 Å². The maximum atomic E-state index is 12.3. The van der Waals surface area contributed by atoms with E-state index < -0.39 is 34.0 Å². The molecule has 1 aromatic rings. The van der Waals surface area contributed by atoms with Crippen LogP contribution in [0, 0.1) is 0 Å². The summed E-state index contributed by atoms with van der Waals surface area (Å²) in [7, 11) is 0. The lowest BCUT2D eigenvalue weighted by Gasteiger charge is -2.11. The average Bonchev–Trinajstić information content (AvgIpc) is 2.06. The molecule has 15 heavy (non-hydrogen) atoms. The van der Waals surface area contributed by atoms with Gasteiger partial charge in [-0.3, -0.25) is 0 Å². The molecule has 0 unspecified atom stereocenters. The summed E-state index contributed by atoms with van der Waals surface area (Å²) < 4.78 is 36.8. The van der Waals surface area contributed by atoms with Gasteiger partial charge in [-0.25, -0.2) is 4.79 Å². The molecule has 3 N–H and O–H groups in total. The number of hydrogen-bond donors (Lipinski definition) is 2. The number of benzene rings is 1. The second-order valence-corrected chi connectivity index (χ2v) is 3.07. The number of rotatable bonds is 1. The first-order chi connectivity index (χ1) is 6.75. The molecule has 3 nitrogen and oxygen atoms in total. The van der Waals surface area contributed by atoms with Gasteiger partial charge in [-0.05, 0) is 12.1 Å². The summed E-state index contributed by atoms with van der Waals surface area (Å²) in [6.07, 6.45) is -4.65. The minimum Gasteiger partial charge on any atom is -0.478 e. The van der Waals surface area contributed by atoms with Crippen molar-refractivity contribution >= 4 is 23.3 Å². The zero-order valence-corrected chi connectivity index (χ0v) is 7.86. The van der Waals surface area contributed by atoms with Crippen molar-refractivity contribution in [2.24, 2.45) is 0 Å². The number of anilines is 1. The quantitative estimate of drug-likeness (QED) is 0.741. The van der Waals surface area contributed by atoms with Crippen LogP contribution in [-0.4, -0.2) is 11.1 Å². The molecule has 7 heteroatoms.